The first-order valence-electron chi connectivity index (χ1n) is 5.71. The quantitative estimate of drug-likeness (QED) is 0.697. The average Bonchev–Trinajstić information content (AvgIpc) is 2.36. The summed E-state index contributed by atoms with van der Waals surface area (Å²) < 4.78 is 5.18. The van der Waals surface area contributed by atoms with Crippen LogP contribution in [0.3, 0.4) is 0 Å². The lowest BCUT2D eigenvalue weighted by atomic mass is 10.2. The summed E-state index contributed by atoms with van der Waals surface area (Å²) in [6, 6.07) is 5.29. The topological polar surface area (TPSA) is 76.4 Å². The Balaban J connectivity index is 2.43. The third-order valence-electron chi connectivity index (χ3n) is 2.30. The van der Waals surface area contributed by atoms with Crippen LogP contribution in [0.5, 0.6) is 5.75 Å². The summed E-state index contributed by atoms with van der Waals surface area (Å²) in [5.41, 5.74) is 6.06. The molecule has 0 bridgehead atoms. The van der Waals surface area contributed by atoms with E-state index < -0.39 is 0 Å². The van der Waals surface area contributed by atoms with Crippen molar-refractivity contribution in [1.82, 2.24) is 5.32 Å². The first-order chi connectivity index (χ1) is 8.67. The van der Waals surface area contributed by atoms with E-state index in [0.29, 0.717) is 36.8 Å². The number of amides is 1. The van der Waals surface area contributed by atoms with Crippen molar-refractivity contribution in [2.75, 3.05) is 32.1 Å². The summed E-state index contributed by atoms with van der Waals surface area (Å²) in [6.45, 7) is 1.45. The van der Waals surface area contributed by atoms with Gasteiger partial charge in [0.2, 0.25) is 5.91 Å². The van der Waals surface area contributed by atoms with E-state index in [1.54, 1.807) is 25.3 Å². The molecule has 0 atom stereocenters. The molecule has 0 aliphatic carbocycles. The first kappa shape index (κ1) is 14.6. The van der Waals surface area contributed by atoms with Crippen molar-refractivity contribution in [3.63, 3.8) is 0 Å². The second kappa shape index (κ2) is 7.79. The van der Waals surface area contributed by atoms with Crippen LogP contribution in [0.15, 0.2) is 18.2 Å². The Bertz CT molecular complexity index is 399. The van der Waals surface area contributed by atoms with Crippen LogP contribution in [-0.4, -0.2) is 32.7 Å². The molecule has 6 heteroatoms. The van der Waals surface area contributed by atoms with Crippen molar-refractivity contribution >= 4 is 23.2 Å². The third-order valence-corrected chi connectivity index (χ3v) is 2.53. The molecule has 1 amide bonds. The highest BCUT2D eigenvalue weighted by Crippen LogP contribution is 2.27. The Morgan fingerprint density at radius 1 is 1.44 bits per heavy atom. The number of carbonyl (C=O) groups is 1. The SMILES string of the molecule is COc1ccc(Cl)cc1NCCC(=O)NCCN. The number of nitrogens with one attached hydrogen (secondary N) is 2. The predicted octanol–water partition coefficient (Wildman–Crippen LogP) is 1.23. The fourth-order valence-corrected chi connectivity index (χ4v) is 1.60. The van der Waals surface area contributed by atoms with Gasteiger partial charge in [0.25, 0.3) is 0 Å². The lowest BCUT2D eigenvalue weighted by Crippen LogP contribution is -2.30. The van der Waals surface area contributed by atoms with Crippen LogP contribution in [0.4, 0.5) is 5.69 Å². The molecule has 0 saturated carbocycles. The minimum absolute atomic E-state index is 0.0334. The molecule has 1 rings (SSSR count). The molecule has 18 heavy (non-hydrogen) atoms. The third kappa shape index (κ3) is 4.81. The van der Waals surface area contributed by atoms with Gasteiger partial charge in [-0.15, -0.1) is 0 Å². The van der Waals surface area contributed by atoms with E-state index in [4.69, 9.17) is 22.1 Å². The van der Waals surface area contributed by atoms with Gasteiger partial charge in [-0.1, -0.05) is 11.6 Å². The molecule has 0 unspecified atom stereocenters. The van der Waals surface area contributed by atoms with E-state index >= 15 is 0 Å². The summed E-state index contributed by atoms with van der Waals surface area (Å²) in [5.74, 6) is 0.663. The van der Waals surface area contributed by atoms with E-state index in [-0.39, 0.29) is 5.91 Å². The van der Waals surface area contributed by atoms with Crippen molar-refractivity contribution in [3.8, 4) is 5.75 Å². The van der Waals surface area contributed by atoms with Crippen LogP contribution in [-0.2, 0) is 4.79 Å². The number of halogens is 1. The standard InChI is InChI=1S/C12H18ClN3O2/c1-18-11-3-2-9(13)8-10(11)15-6-4-12(17)16-7-5-14/h2-3,8,15H,4-7,14H2,1H3,(H,16,17). The Kier molecular flexibility index (Phi) is 6.32. The zero-order valence-electron chi connectivity index (χ0n) is 10.3. The summed E-state index contributed by atoms with van der Waals surface area (Å²) in [4.78, 5) is 11.3. The smallest absolute Gasteiger partial charge is 0.221 e. The molecule has 4 N–H and O–H groups in total. The van der Waals surface area contributed by atoms with E-state index in [1.807, 2.05) is 0 Å². The number of hydrogen-bond acceptors (Lipinski definition) is 4. The van der Waals surface area contributed by atoms with Crippen LogP contribution in [0.2, 0.25) is 5.02 Å². The maximum Gasteiger partial charge on any atom is 0.221 e. The van der Waals surface area contributed by atoms with E-state index in [2.05, 4.69) is 10.6 Å². The van der Waals surface area contributed by atoms with Crippen molar-refractivity contribution < 1.29 is 9.53 Å². The van der Waals surface area contributed by atoms with Crippen LogP contribution in [0, 0.1) is 0 Å². The minimum Gasteiger partial charge on any atom is -0.495 e. The van der Waals surface area contributed by atoms with Gasteiger partial charge >= 0.3 is 0 Å². The van der Waals surface area contributed by atoms with Gasteiger partial charge in [0.1, 0.15) is 5.75 Å². The van der Waals surface area contributed by atoms with Crippen molar-refractivity contribution in [2.45, 2.75) is 6.42 Å². The molecule has 1 aromatic rings. The number of carbonyl (C=O) groups excluding carboxylic acids is 1. The monoisotopic (exact) mass is 271 g/mol. The van der Waals surface area contributed by atoms with Crippen LogP contribution in [0.1, 0.15) is 6.42 Å². The van der Waals surface area contributed by atoms with Gasteiger partial charge in [0.05, 0.1) is 12.8 Å². The fourth-order valence-electron chi connectivity index (χ4n) is 1.43. The molecule has 0 saturated heterocycles. The van der Waals surface area contributed by atoms with Crippen LogP contribution in [0.25, 0.3) is 0 Å². The predicted molar refractivity (Wildman–Crippen MR) is 73.2 cm³/mol. The molecule has 0 heterocycles. The van der Waals surface area contributed by atoms with Crippen molar-refractivity contribution in [2.24, 2.45) is 5.73 Å². The number of benzene rings is 1. The van der Waals surface area contributed by atoms with Crippen LogP contribution < -0.4 is 21.1 Å². The molecule has 0 spiro atoms. The Hall–Kier alpha value is -1.46. The van der Waals surface area contributed by atoms with Gasteiger partial charge in [-0.2, -0.15) is 0 Å². The Labute approximate surface area is 112 Å². The van der Waals surface area contributed by atoms with Gasteiger partial charge in [0, 0.05) is 31.1 Å². The Morgan fingerprint density at radius 2 is 2.22 bits per heavy atom. The van der Waals surface area contributed by atoms with Crippen molar-refractivity contribution in [1.29, 1.82) is 0 Å². The van der Waals surface area contributed by atoms with Crippen LogP contribution >= 0.6 is 11.6 Å². The summed E-state index contributed by atoms with van der Waals surface area (Å²) >= 11 is 5.90. The highest BCUT2D eigenvalue weighted by Gasteiger charge is 2.04. The number of methoxy groups -OCH3 is 1. The maximum absolute atomic E-state index is 11.3. The highest BCUT2D eigenvalue weighted by molar-refractivity contribution is 6.30. The van der Waals surface area contributed by atoms with E-state index in [0.717, 1.165) is 5.69 Å². The highest BCUT2D eigenvalue weighted by atomic mass is 35.5. The van der Waals surface area contributed by atoms with Gasteiger partial charge in [-0.25, -0.2) is 0 Å². The molecule has 100 valence electrons. The number of nitrogens with two attached hydrogens (primary N) is 1. The fraction of sp³-hybridized carbons (Fsp3) is 0.417. The maximum atomic E-state index is 11.3. The molecule has 1 aromatic carbocycles. The second-order valence-corrected chi connectivity index (χ2v) is 4.10. The first-order valence-corrected chi connectivity index (χ1v) is 6.09. The number of rotatable bonds is 7. The molecular formula is C12H18ClN3O2. The molecule has 0 aliphatic rings. The molecule has 0 radical (unpaired) electrons. The van der Waals surface area contributed by atoms with Crippen molar-refractivity contribution in [3.05, 3.63) is 23.2 Å². The summed E-state index contributed by atoms with van der Waals surface area (Å²) in [5, 5.41) is 6.42. The molecule has 5 nitrogen and oxygen atoms in total. The van der Waals surface area contributed by atoms with Gasteiger partial charge < -0.3 is 21.1 Å². The van der Waals surface area contributed by atoms with E-state index in [1.165, 1.54) is 0 Å². The zero-order valence-corrected chi connectivity index (χ0v) is 11.1. The summed E-state index contributed by atoms with van der Waals surface area (Å²) in [7, 11) is 1.59. The normalized spacial score (nSPS) is 9.94. The molecule has 0 fully saturated rings. The average molecular weight is 272 g/mol. The number of hydrogen-bond donors (Lipinski definition) is 3. The number of ether oxygens (including phenoxy) is 1. The zero-order chi connectivity index (χ0) is 13.4. The minimum atomic E-state index is -0.0334. The molecule has 0 aliphatic heterocycles. The second-order valence-electron chi connectivity index (χ2n) is 3.66. The van der Waals surface area contributed by atoms with E-state index in [9.17, 15) is 4.79 Å². The largest absolute Gasteiger partial charge is 0.495 e. The summed E-state index contributed by atoms with van der Waals surface area (Å²) in [6.07, 6.45) is 0.371. The lowest BCUT2D eigenvalue weighted by Gasteiger charge is -2.11. The van der Waals surface area contributed by atoms with Gasteiger partial charge in [-0.3, -0.25) is 4.79 Å². The van der Waals surface area contributed by atoms with Gasteiger partial charge in [-0.05, 0) is 18.2 Å². The number of anilines is 1. The van der Waals surface area contributed by atoms with Gasteiger partial charge in [0.15, 0.2) is 0 Å². The lowest BCUT2D eigenvalue weighted by molar-refractivity contribution is -0.120. The Morgan fingerprint density at radius 3 is 2.89 bits per heavy atom. The molecule has 0 aromatic heterocycles. The molecular weight excluding hydrogens is 254 g/mol.